The molecule has 0 bridgehead atoms. The molecule has 0 heterocycles. The topological polar surface area (TPSA) is 0 Å². The molecule has 0 aliphatic heterocycles. The van der Waals surface area contributed by atoms with Gasteiger partial charge in [-0.1, -0.05) is 119 Å². The molecule has 0 radical (unpaired) electrons. The van der Waals surface area contributed by atoms with Crippen LogP contribution in [0.5, 0.6) is 0 Å². The van der Waals surface area contributed by atoms with Gasteiger partial charge in [0.05, 0.1) is 0 Å². The average Bonchev–Trinajstić information content (AvgIpc) is 3.01. The minimum absolute atomic E-state index is 1.02. The highest BCUT2D eigenvalue weighted by atomic mass is 14.2. The van der Waals surface area contributed by atoms with Gasteiger partial charge in [-0.15, -0.1) is 0 Å². The third-order valence-corrected chi connectivity index (χ3v) is 7.38. The van der Waals surface area contributed by atoms with E-state index in [-0.39, 0.29) is 0 Å². The van der Waals surface area contributed by atoms with Crippen molar-refractivity contribution in [3.05, 3.63) is 0 Å². The zero-order valence-electron chi connectivity index (χ0n) is 18.7. The van der Waals surface area contributed by atoms with Gasteiger partial charge in [-0.25, -0.2) is 0 Å². The molecular formula is C25H50. The maximum absolute atomic E-state index is 2.37. The van der Waals surface area contributed by atoms with Gasteiger partial charge in [0.2, 0.25) is 0 Å². The number of rotatable bonds is 2. The first-order chi connectivity index (χ1) is 11.9. The molecule has 25 heavy (non-hydrogen) atoms. The molecule has 0 aromatic carbocycles. The minimum atomic E-state index is 1.02. The van der Waals surface area contributed by atoms with Crippen molar-refractivity contribution in [2.75, 3.05) is 0 Å². The molecule has 0 amide bonds. The van der Waals surface area contributed by atoms with Gasteiger partial charge in [0, 0.05) is 0 Å². The van der Waals surface area contributed by atoms with E-state index in [4.69, 9.17) is 0 Å². The summed E-state index contributed by atoms with van der Waals surface area (Å²) in [7, 11) is 0. The van der Waals surface area contributed by atoms with E-state index < -0.39 is 0 Å². The fraction of sp³-hybridized carbons (Fsp3) is 1.00. The first kappa shape index (κ1) is 23.0. The first-order valence-corrected chi connectivity index (χ1v) is 11.9. The van der Waals surface area contributed by atoms with Gasteiger partial charge in [0.1, 0.15) is 0 Å². The van der Waals surface area contributed by atoms with Gasteiger partial charge in [-0.2, -0.15) is 0 Å². The second-order valence-electron chi connectivity index (χ2n) is 10.1. The molecule has 3 saturated carbocycles. The molecule has 0 aromatic heterocycles. The largest absolute Gasteiger partial charge is 0.0651 e. The third kappa shape index (κ3) is 10.7. The Balaban J connectivity index is 0.000000191. The summed E-state index contributed by atoms with van der Waals surface area (Å²) in [5.41, 5.74) is 0. The van der Waals surface area contributed by atoms with Crippen molar-refractivity contribution in [2.45, 2.75) is 125 Å². The van der Waals surface area contributed by atoms with Crippen molar-refractivity contribution < 1.29 is 0 Å². The van der Waals surface area contributed by atoms with Crippen LogP contribution in [0.3, 0.4) is 0 Å². The Kier molecular flexibility index (Phi) is 12.2. The second-order valence-corrected chi connectivity index (χ2v) is 10.1. The Morgan fingerprint density at radius 2 is 0.720 bits per heavy atom. The van der Waals surface area contributed by atoms with Crippen LogP contribution in [0, 0.1) is 35.5 Å². The highest BCUT2D eigenvalue weighted by Crippen LogP contribution is 2.32. The monoisotopic (exact) mass is 350 g/mol. The van der Waals surface area contributed by atoms with E-state index in [1.807, 2.05) is 0 Å². The van der Waals surface area contributed by atoms with Crippen molar-refractivity contribution in [3.8, 4) is 0 Å². The molecule has 2 atom stereocenters. The standard InChI is InChI=1S/C10H20.C8H16.C7H14/c1-3-9-5-7-10(4-2)8-6-9;1-7-3-5-8(2)6-4-7;1-6-3-4-7(2)5-6/h9-10H,3-8H2,1-2H3;7-8H,3-6H2,1-2H3;6-7H,3-5H2,1-2H3. The molecule has 3 rings (SSSR count). The SMILES string of the molecule is CC1CCC(C)C1.CC1CCC(C)CC1.CCC1CCC(CC)CC1. The summed E-state index contributed by atoms with van der Waals surface area (Å²) in [4.78, 5) is 0. The van der Waals surface area contributed by atoms with Crippen LogP contribution in [0.4, 0.5) is 0 Å². The summed E-state index contributed by atoms with van der Waals surface area (Å²) in [5.74, 6) is 6.23. The van der Waals surface area contributed by atoms with Crippen molar-refractivity contribution in [1.29, 1.82) is 0 Å². The van der Waals surface area contributed by atoms with Gasteiger partial charge >= 0.3 is 0 Å². The molecular weight excluding hydrogens is 300 g/mol. The van der Waals surface area contributed by atoms with E-state index in [9.17, 15) is 0 Å². The summed E-state index contributed by atoms with van der Waals surface area (Å²) in [6.07, 6.45) is 19.2. The summed E-state index contributed by atoms with van der Waals surface area (Å²) in [5, 5.41) is 0. The molecule has 3 aliphatic rings. The number of hydrogen-bond donors (Lipinski definition) is 0. The van der Waals surface area contributed by atoms with Crippen molar-refractivity contribution in [3.63, 3.8) is 0 Å². The highest BCUT2D eigenvalue weighted by molar-refractivity contribution is 4.70. The van der Waals surface area contributed by atoms with Crippen molar-refractivity contribution in [1.82, 2.24) is 0 Å². The lowest BCUT2D eigenvalue weighted by atomic mass is 9.80. The first-order valence-electron chi connectivity index (χ1n) is 11.9. The Hall–Kier alpha value is 0. The molecule has 0 nitrogen and oxygen atoms in total. The molecule has 0 spiro atoms. The lowest BCUT2D eigenvalue weighted by Gasteiger charge is -2.26. The van der Waals surface area contributed by atoms with Crippen LogP contribution in [-0.2, 0) is 0 Å². The summed E-state index contributed by atoms with van der Waals surface area (Å²) < 4.78 is 0. The number of hydrogen-bond acceptors (Lipinski definition) is 0. The predicted molar refractivity (Wildman–Crippen MR) is 115 cm³/mol. The fourth-order valence-electron chi connectivity index (χ4n) is 4.97. The quantitative estimate of drug-likeness (QED) is 0.466. The third-order valence-electron chi connectivity index (χ3n) is 7.38. The zero-order chi connectivity index (χ0) is 18.7. The van der Waals surface area contributed by atoms with Crippen molar-refractivity contribution >= 4 is 0 Å². The maximum Gasteiger partial charge on any atom is -0.0417 e. The zero-order valence-corrected chi connectivity index (χ0v) is 18.7. The lowest BCUT2D eigenvalue weighted by Crippen LogP contribution is -2.12. The van der Waals surface area contributed by atoms with Gasteiger partial charge in [-0.3, -0.25) is 0 Å². The molecule has 2 unspecified atom stereocenters. The van der Waals surface area contributed by atoms with E-state index in [0.717, 1.165) is 35.5 Å². The Bertz CT molecular complexity index is 261. The molecule has 150 valence electrons. The van der Waals surface area contributed by atoms with Crippen LogP contribution in [0.2, 0.25) is 0 Å². The molecule has 3 aliphatic carbocycles. The minimum Gasteiger partial charge on any atom is -0.0651 e. The molecule has 0 heteroatoms. The normalized spacial score (nSPS) is 38.2. The summed E-state index contributed by atoms with van der Waals surface area (Å²) in [6, 6.07) is 0. The van der Waals surface area contributed by atoms with Gasteiger partial charge in [-0.05, 0) is 41.9 Å². The van der Waals surface area contributed by atoms with Crippen LogP contribution < -0.4 is 0 Å². The van der Waals surface area contributed by atoms with Crippen LogP contribution >= 0.6 is 0 Å². The van der Waals surface area contributed by atoms with Gasteiger partial charge in [0.25, 0.3) is 0 Å². The van der Waals surface area contributed by atoms with E-state index in [2.05, 4.69) is 41.5 Å². The van der Waals surface area contributed by atoms with Crippen LogP contribution in [0.1, 0.15) is 125 Å². The van der Waals surface area contributed by atoms with E-state index in [0.29, 0.717) is 0 Å². The predicted octanol–water partition coefficient (Wildman–Crippen LogP) is 8.89. The smallest absolute Gasteiger partial charge is 0.0417 e. The second kappa shape index (κ2) is 13.2. The van der Waals surface area contributed by atoms with Crippen LogP contribution in [0.25, 0.3) is 0 Å². The van der Waals surface area contributed by atoms with E-state index in [1.165, 1.54) is 83.5 Å². The van der Waals surface area contributed by atoms with Crippen LogP contribution in [0.15, 0.2) is 0 Å². The fourth-order valence-corrected chi connectivity index (χ4v) is 4.97. The Morgan fingerprint density at radius 3 is 0.920 bits per heavy atom. The lowest BCUT2D eigenvalue weighted by molar-refractivity contribution is 0.264. The average molecular weight is 351 g/mol. The summed E-state index contributed by atoms with van der Waals surface area (Å²) >= 11 is 0. The summed E-state index contributed by atoms with van der Waals surface area (Å²) in [6.45, 7) is 14.1. The Labute approximate surface area is 160 Å². The van der Waals surface area contributed by atoms with Gasteiger partial charge in [0.15, 0.2) is 0 Å². The molecule has 0 aromatic rings. The van der Waals surface area contributed by atoms with E-state index in [1.54, 1.807) is 0 Å². The van der Waals surface area contributed by atoms with Crippen LogP contribution in [-0.4, -0.2) is 0 Å². The Morgan fingerprint density at radius 1 is 0.440 bits per heavy atom. The molecule has 0 saturated heterocycles. The molecule has 0 N–H and O–H groups in total. The highest BCUT2D eigenvalue weighted by Gasteiger charge is 2.18. The maximum atomic E-state index is 2.37. The van der Waals surface area contributed by atoms with E-state index >= 15 is 0 Å². The van der Waals surface area contributed by atoms with Gasteiger partial charge < -0.3 is 0 Å². The van der Waals surface area contributed by atoms with Crippen molar-refractivity contribution in [2.24, 2.45) is 35.5 Å². The molecule has 3 fully saturated rings.